The molecule has 2 N–H and O–H groups in total. The van der Waals surface area contributed by atoms with Crippen LogP contribution >= 0.6 is 11.6 Å². The average Bonchev–Trinajstić information content (AvgIpc) is 2.92. The van der Waals surface area contributed by atoms with Crippen LogP contribution in [-0.4, -0.2) is 37.5 Å². The van der Waals surface area contributed by atoms with Crippen molar-refractivity contribution in [2.45, 2.75) is 20.4 Å². The molecule has 3 amide bonds. The molecule has 0 aromatic heterocycles. The number of methoxy groups -OCH3 is 1. The molecule has 1 aliphatic rings. The number of esters is 1. The van der Waals surface area contributed by atoms with Gasteiger partial charge in [0.05, 0.1) is 28.8 Å². The Hall–Kier alpha value is -4.37. The smallest absolute Gasteiger partial charge is 0.337 e. The van der Waals surface area contributed by atoms with E-state index in [4.69, 9.17) is 21.1 Å². The minimum atomic E-state index is -0.477. The third-order valence-corrected chi connectivity index (χ3v) is 6.26. The van der Waals surface area contributed by atoms with E-state index in [0.29, 0.717) is 22.7 Å². The molecule has 1 heterocycles. The molecule has 3 aromatic carbocycles. The summed E-state index contributed by atoms with van der Waals surface area (Å²) in [5, 5.41) is 5.83. The summed E-state index contributed by atoms with van der Waals surface area (Å²) in [7, 11) is 1.30. The lowest BCUT2D eigenvalue weighted by Crippen LogP contribution is -2.38. The Bertz CT molecular complexity index is 1400. The predicted molar refractivity (Wildman–Crippen MR) is 143 cm³/mol. The lowest BCUT2D eigenvalue weighted by molar-refractivity contribution is -0.124. The van der Waals surface area contributed by atoms with Crippen molar-refractivity contribution in [2.24, 2.45) is 5.92 Å². The topological polar surface area (TPSA) is 114 Å². The number of fused-ring (bicyclic) bond motifs is 1. The number of nitrogens with zero attached hydrogens (tertiary/aromatic N) is 1. The highest BCUT2D eigenvalue weighted by Crippen LogP contribution is 2.31. The normalized spacial score (nSPS) is 12.4. The van der Waals surface area contributed by atoms with Crippen LogP contribution < -0.4 is 20.3 Å². The second kappa shape index (κ2) is 11.4. The van der Waals surface area contributed by atoms with E-state index in [1.807, 2.05) is 0 Å². The highest BCUT2D eigenvalue weighted by molar-refractivity contribution is 6.34. The SMILES string of the molecule is COC(=O)c1ccc(N2COc3ccc(NC(=O)c4cc(CNC(=O)C(C)C)ccc4Cl)cc3C2=O)cc1. The molecule has 0 radical (unpaired) electrons. The first kappa shape index (κ1) is 26.7. The Balaban J connectivity index is 1.50. The Morgan fingerprint density at radius 2 is 1.79 bits per heavy atom. The van der Waals surface area contributed by atoms with Crippen LogP contribution in [0.15, 0.2) is 60.7 Å². The maximum Gasteiger partial charge on any atom is 0.337 e. The summed E-state index contributed by atoms with van der Waals surface area (Å²) in [6.07, 6.45) is 0. The fourth-order valence-electron chi connectivity index (χ4n) is 3.77. The van der Waals surface area contributed by atoms with Crippen molar-refractivity contribution in [1.82, 2.24) is 5.32 Å². The minimum Gasteiger partial charge on any atom is -0.472 e. The van der Waals surface area contributed by atoms with Gasteiger partial charge in [0, 0.05) is 23.8 Å². The Morgan fingerprint density at radius 3 is 2.47 bits per heavy atom. The number of anilines is 2. The number of benzene rings is 3. The lowest BCUT2D eigenvalue weighted by Gasteiger charge is -2.29. The summed E-state index contributed by atoms with van der Waals surface area (Å²) in [5.41, 5.74) is 2.49. The zero-order valence-electron chi connectivity index (χ0n) is 21.0. The van der Waals surface area contributed by atoms with Gasteiger partial charge in [0.15, 0.2) is 6.73 Å². The van der Waals surface area contributed by atoms with Gasteiger partial charge < -0.3 is 20.1 Å². The molecule has 0 fully saturated rings. The quantitative estimate of drug-likeness (QED) is 0.426. The lowest BCUT2D eigenvalue weighted by atomic mass is 10.1. The number of rotatable bonds is 7. The number of hydrogen-bond donors (Lipinski definition) is 2. The summed E-state index contributed by atoms with van der Waals surface area (Å²) in [4.78, 5) is 51.3. The molecule has 9 nitrogen and oxygen atoms in total. The summed E-state index contributed by atoms with van der Waals surface area (Å²) < 4.78 is 10.5. The van der Waals surface area contributed by atoms with Crippen molar-refractivity contribution in [2.75, 3.05) is 24.1 Å². The first-order valence-electron chi connectivity index (χ1n) is 11.8. The van der Waals surface area contributed by atoms with Gasteiger partial charge in [0.25, 0.3) is 11.8 Å². The highest BCUT2D eigenvalue weighted by atomic mass is 35.5. The Morgan fingerprint density at radius 1 is 1.05 bits per heavy atom. The largest absolute Gasteiger partial charge is 0.472 e. The average molecular weight is 536 g/mol. The molecule has 0 saturated heterocycles. The van der Waals surface area contributed by atoms with Crippen LogP contribution in [0.5, 0.6) is 5.75 Å². The molecule has 196 valence electrons. The molecule has 0 unspecified atom stereocenters. The number of halogens is 1. The van der Waals surface area contributed by atoms with E-state index in [1.165, 1.54) is 18.1 Å². The van der Waals surface area contributed by atoms with E-state index >= 15 is 0 Å². The van der Waals surface area contributed by atoms with Gasteiger partial charge >= 0.3 is 5.97 Å². The second-order valence-corrected chi connectivity index (χ2v) is 9.30. The molecule has 1 aliphatic heterocycles. The molecule has 0 saturated carbocycles. The standard InChI is InChI=1S/C28H26ClN3O6/c1-16(2)25(33)30-14-17-4-10-23(29)21(12-17)26(34)31-19-7-11-24-22(13-19)27(35)32(15-38-24)20-8-5-18(6-9-20)28(36)37-3/h4-13,16H,14-15H2,1-3H3,(H,30,33)(H,31,34). The fraction of sp³-hybridized carbons (Fsp3) is 0.214. The number of carbonyl (C=O) groups is 4. The van der Waals surface area contributed by atoms with Crippen molar-refractivity contribution in [1.29, 1.82) is 0 Å². The van der Waals surface area contributed by atoms with Gasteiger partial charge in [0.1, 0.15) is 5.75 Å². The highest BCUT2D eigenvalue weighted by Gasteiger charge is 2.28. The molecular weight excluding hydrogens is 510 g/mol. The van der Waals surface area contributed by atoms with E-state index in [1.54, 1.807) is 68.4 Å². The van der Waals surface area contributed by atoms with Gasteiger partial charge in [-0.15, -0.1) is 0 Å². The molecule has 3 aromatic rings. The van der Waals surface area contributed by atoms with Crippen LogP contribution in [0.4, 0.5) is 11.4 Å². The molecule has 0 spiro atoms. The third kappa shape index (κ3) is 5.78. The summed E-state index contributed by atoms with van der Waals surface area (Å²) >= 11 is 6.28. The number of ether oxygens (including phenoxy) is 2. The summed E-state index contributed by atoms with van der Waals surface area (Å²) in [6, 6.07) is 16.1. The summed E-state index contributed by atoms with van der Waals surface area (Å²) in [6.45, 7) is 3.84. The first-order valence-corrected chi connectivity index (χ1v) is 12.2. The van der Waals surface area contributed by atoms with Crippen molar-refractivity contribution >= 4 is 46.7 Å². The van der Waals surface area contributed by atoms with Crippen LogP contribution in [0, 0.1) is 5.92 Å². The Kier molecular flexibility index (Phi) is 7.97. The number of amides is 3. The zero-order valence-corrected chi connectivity index (χ0v) is 21.8. The maximum atomic E-state index is 13.3. The van der Waals surface area contributed by atoms with Gasteiger partial charge in [-0.3, -0.25) is 19.3 Å². The fourth-order valence-corrected chi connectivity index (χ4v) is 3.98. The van der Waals surface area contributed by atoms with Crippen LogP contribution in [0.1, 0.15) is 50.5 Å². The van der Waals surface area contributed by atoms with Crippen LogP contribution in [-0.2, 0) is 16.1 Å². The van der Waals surface area contributed by atoms with Gasteiger partial charge in [0.2, 0.25) is 5.91 Å². The van der Waals surface area contributed by atoms with Crippen molar-refractivity contribution in [3.8, 4) is 5.75 Å². The van der Waals surface area contributed by atoms with E-state index < -0.39 is 11.9 Å². The maximum absolute atomic E-state index is 13.3. The summed E-state index contributed by atoms with van der Waals surface area (Å²) in [5.74, 6) is -1.14. The van der Waals surface area contributed by atoms with Crippen molar-refractivity contribution in [3.63, 3.8) is 0 Å². The third-order valence-electron chi connectivity index (χ3n) is 5.93. The number of nitrogens with one attached hydrogen (secondary N) is 2. The molecule has 0 bridgehead atoms. The monoisotopic (exact) mass is 535 g/mol. The van der Waals surface area contributed by atoms with Gasteiger partial charge in [-0.1, -0.05) is 31.5 Å². The van der Waals surface area contributed by atoms with Crippen LogP contribution in [0.2, 0.25) is 5.02 Å². The zero-order chi connectivity index (χ0) is 27.4. The second-order valence-electron chi connectivity index (χ2n) is 8.90. The van der Waals surface area contributed by atoms with Gasteiger partial charge in [-0.25, -0.2) is 4.79 Å². The van der Waals surface area contributed by atoms with Crippen molar-refractivity contribution in [3.05, 3.63) is 87.9 Å². The molecular formula is C28H26ClN3O6. The molecule has 38 heavy (non-hydrogen) atoms. The van der Waals surface area contributed by atoms with Crippen LogP contribution in [0.3, 0.4) is 0 Å². The first-order chi connectivity index (χ1) is 18.2. The molecule has 10 heteroatoms. The Labute approximate surface area is 224 Å². The van der Waals surface area contributed by atoms with Crippen molar-refractivity contribution < 1.29 is 28.7 Å². The minimum absolute atomic E-state index is 0.00907. The molecule has 4 rings (SSSR count). The molecule has 0 atom stereocenters. The van der Waals surface area contributed by atoms with Gasteiger partial charge in [-0.2, -0.15) is 0 Å². The number of carbonyl (C=O) groups excluding carboxylic acids is 4. The van der Waals surface area contributed by atoms with E-state index in [0.717, 1.165) is 5.56 Å². The predicted octanol–water partition coefficient (Wildman–Crippen LogP) is 4.65. The number of hydrogen-bond acceptors (Lipinski definition) is 6. The van der Waals surface area contributed by atoms with E-state index in [-0.39, 0.29) is 47.2 Å². The van der Waals surface area contributed by atoms with E-state index in [9.17, 15) is 19.2 Å². The van der Waals surface area contributed by atoms with Crippen LogP contribution in [0.25, 0.3) is 0 Å². The molecule has 0 aliphatic carbocycles. The van der Waals surface area contributed by atoms with E-state index in [2.05, 4.69) is 10.6 Å². The van der Waals surface area contributed by atoms with Gasteiger partial charge in [-0.05, 0) is 60.2 Å².